The number of amides is 2. The lowest BCUT2D eigenvalue weighted by Gasteiger charge is -2.24. The van der Waals surface area contributed by atoms with Gasteiger partial charge in [-0.15, -0.1) is 0 Å². The van der Waals surface area contributed by atoms with Crippen molar-refractivity contribution in [1.82, 2.24) is 10.2 Å². The Morgan fingerprint density at radius 2 is 2.06 bits per heavy atom. The van der Waals surface area contributed by atoms with E-state index in [1.807, 2.05) is 20.8 Å². The van der Waals surface area contributed by atoms with Crippen molar-refractivity contribution >= 4 is 12.0 Å². The molecule has 2 amide bonds. The van der Waals surface area contributed by atoms with Gasteiger partial charge in [-0.05, 0) is 33.1 Å². The summed E-state index contributed by atoms with van der Waals surface area (Å²) in [5, 5.41) is 2.78. The summed E-state index contributed by atoms with van der Waals surface area (Å²) in [5.74, 6) is 0.312. The van der Waals surface area contributed by atoms with E-state index >= 15 is 0 Å². The van der Waals surface area contributed by atoms with Crippen LogP contribution in [0.4, 0.5) is 4.79 Å². The molecular formula is C12H22N2O3. The minimum Gasteiger partial charge on any atom is -0.444 e. The molecule has 1 fully saturated rings. The normalized spacial score (nSPS) is 20.2. The lowest BCUT2D eigenvalue weighted by molar-refractivity contribution is -0.119. The largest absolute Gasteiger partial charge is 0.444 e. The molecule has 0 saturated carbocycles. The number of carbonyl (C=O) groups is 2. The molecule has 0 aromatic carbocycles. The van der Waals surface area contributed by atoms with E-state index in [0.717, 1.165) is 6.42 Å². The fourth-order valence-electron chi connectivity index (χ4n) is 1.78. The molecule has 1 unspecified atom stereocenters. The van der Waals surface area contributed by atoms with Crippen LogP contribution in [0.1, 0.15) is 34.1 Å². The molecule has 1 atom stereocenters. The summed E-state index contributed by atoms with van der Waals surface area (Å²) in [7, 11) is 0. The summed E-state index contributed by atoms with van der Waals surface area (Å²) in [6, 6.07) is 0. The highest BCUT2D eigenvalue weighted by Gasteiger charge is 2.29. The van der Waals surface area contributed by atoms with Gasteiger partial charge >= 0.3 is 6.09 Å². The SMILES string of the molecule is CC(=O)NCC1CCN(C(=O)OC(C)(C)C)C1. The van der Waals surface area contributed by atoms with Crippen molar-refractivity contribution in [1.29, 1.82) is 0 Å². The van der Waals surface area contributed by atoms with E-state index in [1.165, 1.54) is 6.92 Å². The van der Waals surface area contributed by atoms with Crippen LogP contribution in [-0.2, 0) is 9.53 Å². The molecule has 0 radical (unpaired) electrons. The molecule has 5 nitrogen and oxygen atoms in total. The number of hydrogen-bond acceptors (Lipinski definition) is 3. The first-order valence-corrected chi connectivity index (χ1v) is 6.00. The van der Waals surface area contributed by atoms with Crippen LogP contribution < -0.4 is 5.32 Å². The van der Waals surface area contributed by atoms with Gasteiger partial charge in [-0.25, -0.2) is 4.79 Å². The van der Waals surface area contributed by atoms with Gasteiger partial charge in [0.15, 0.2) is 0 Å². The van der Waals surface area contributed by atoms with Gasteiger partial charge in [0.1, 0.15) is 5.60 Å². The van der Waals surface area contributed by atoms with E-state index in [1.54, 1.807) is 4.90 Å². The van der Waals surface area contributed by atoms with Crippen LogP contribution in [0.15, 0.2) is 0 Å². The Morgan fingerprint density at radius 1 is 1.41 bits per heavy atom. The second-order valence-corrected chi connectivity index (χ2v) is 5.52. The molecule has 1 N–H and O–H groups in total. The third-order valence-electron chi connectivity index (χ3n) is 2.58. The minimum absolute atomic E-state index is 0.0271. The average Bonchev–Trinajstić information content (AvgIpc) is 2.60. The highest BCUT2D eigenvalue weighted by Crippen LogP contribution is 2.18. The third-order valence-corrected chi connectivity index (χ3v) is 2.58. The minimum atomic E-state index is -0.452. The molecule has 1 aliphatic rings. The maximum atomic E-state index is 11.8. The van der Waals surface area contributed by atoms with Crippen molar-refractivity contribution in [3.8, 4) is 0 Å². The monoisotopic (exact) mass is 242 g/mol. The van der Waals surface area contributed by atoms with Gasteiger partial charge in [0.25, 0.3) is 0 Å². The van der Waals surface area contributed by atoms with Gasteiger partial charge in [0.05, 0.1) is 0 Å². The van der Waals surface area contributed by atoms with Crippen LogP contribution in [0.5, 0.6) is 0 Å². The summed E-state index contributed by atoms with van der Waals surface area (Å²) in [6.45, 7) is 9.07. The molecule has 0 aromatic rings. The van der Waals surface area contributed by atoms with E-state index in [4.69, 9.17) is 4.74 Å². The molecule has 1 aliphatic heterocycles. The summed E-state index contributed by atoms with van der Waals surface area (Å²) >= 11 is 0. The summed E-state index contributed by atoms with van der Waals surface area (Å²) in [5.41, 5.74) is -0.452. The molecular weight excluding hydrogens is 220 g/mol. The van der Waals surface area contributed by atoms with Crippen molar-refractivity contribution < 1.29 is 14.3 Å². The maximum absolute atomic E-state index is 11.8. The fourth-order valence-corrected chi connectivity index (χ4v) is 1.78. The van der Waals surface area contributed by atoms with Gasteiger partial charge in [-0.1, -0.05) is 0 Å². The third kappa shape index (κ3) is 5.06. The van der Waals surface area contributed by atoms with Crippen molar-refractivity contribution in [2.24, 2.45) is 5.92 Å². The molecule has 0 aliphatic carbocycles. The predicted octanol–water partition coefficient (Wildman–Crippen LogP) is 1.38. The van der Waals surface area contributed by atoms with Gasteiger partial charge < -0.3 is 15.0 Å². The molecule has 1 rings (SSSR count). The summed E-state index contributed by atoms with van der Waals surface area (Å²) < 4.78 is 5.30. The van der Waals surface area contributed by atoms with Gasteiger partial charge in [0.2, 0.25) is 5.91 Å². The van der Waals surface area contributed by atoms with Gasteiger partial charge in [-0.3, -0.25) is 4.79 Å². The Hall–Kier alpha value is -1.26. The highest BCUT2D eigenvalue weighted by molar-refractivity contribution is 5.72. The molecule has 1 heterocycles. The first-order valence-electron chi connectivity index (χ1n) is 6.00. The van der Waals surface area contributed by atoms with Crippen molar-refractivity contribution in [3.05, 3.63) is 0 Å². The Morgan fingerprint density at radius 3 is 2.59 bits per heavy atom. The van der Waals surface area contributed by atoms with Crippen molar-refractivity contribution in [2.45, 2.75) is 39.7 Å². The van der Waals surface area contributed by atoms with E-state index in [0.29, 0.717) is 25.6 Å². The van der Waals surface area contributed by atoms with E-state index in [2.05, 4.69) is 5.32 Å². The molecule has 1 saturated heterocycles. The quantitative estimate of drug-likeness (QED) is 0.796. The molecule has 0 bridgehead atoms. The first-order chi connectivity index (χ1) is 7.78. The Balaban J connectivity index is 2.34. The van der Waals surface area contributed by atoms with Crippen LogP contribution >= 0.6 is 0 Å². The predicted molar refractivity (Wildman–Crippen MR) is 64.6 cm³/mol. The zero-order valence-corrected chi connectivity index (χ0v) is 11.1. The Labute approximate surface area is 102 Å². The summed E-state index contributed by atoms with van der Waals surface area (Å²) in [4.78, 5) is 24.3. The standard InChI is InChI=1S/C12H22N2O3/c1-9(15)13-7-10-5-6-14(8-10)11(16)17-12(2,3)4/h10H,5-8H2,1-4H3,(H,13,15). The fraction of sp³-hybridized carbons (Fsp3) is 0.833. The van der Waals surface area contributed by atoms with Crippen LogP contribution in [-0.4, -0.2) is 42.1 Å². The first kappa shape index (κ1) is 13.8. The number of nitrogens with zero attached hydrogens (tertiary/aromatic N) is 1. The number of carbonyl (C=O) groups excluding carboxylic acids is 2. The topological polar surface area (TPSA) is 58.6 Å². The smallest absolute Gasteiger partial charge is 0.410 e. The lowest BCUT2D eigenvalue weighted by Crippen LogP contribution is -2.36. The van der Waals surface area contributed by atoms with Crippen LogP contribution in [0.25, 0.3) is 0 Å². The van der Waals surface area contributed by atoms with E-state index in [-0.39, 0.29) is 12.0 Å². The number of rotatable bonds is 2. The average molecular weight is 242 g/mol. The van der Waals surface area contributed by atoms with Gasteiger partial charge in [-0.2, -0.15) is 0 Å². The van der Waals surface area contributed by atoms with Crippen molar-refractivity contribution in [3.63, 3.8) is 0 Å². The van der Waals surface area contributed by atoms with Crippen molar-refractivity contribution in [2.75, 3.05) is 19.6 Å². The Kier molecular flexibility index (Phi) is 4.37. The molecule has 0 spiro atoms. The highest BCUT2D eigenvalue weighted by atomic mass is 16.6. The van der Waals surface area contributed by atoms with E-state index < -0.39 is 5.60 Å². The van der Waals surface area contributed by atoms with Gasteiger partial charge in [0, 0.05) is 26.6 Å². The molecule has 5 heteroatoms. The lowest BCUT2D eigenvalue weighted by atomic mass is 10.1. The molecule has 0 aromatic heterocycles. The number of ether oxygens (including phenoxy) is 1. The second kappa shape index (κ2) is 5.38. The molecule has 98 valence electrons. The zero-order chi connectivity index (χ0) is 13.1. The second-order valence-electron chi connectivity index (χ2n) is 5.52. The Bertz CT molecular complexity index is 297. The van der Waals surface area contributed by atoms with Crippen LogP contribution in [0.2, 0.25) is 0 Å². The number of likely N-dealkylation sites (tertiary alicyclic amines) is 1. The summed E-state index contributed by atoms with van der Waals surface area (Å²) in [6.07, 6.45) is 0.655. The van der Waals surface area contributed by atoms with Crippen LogP contribution in [0, 0.1) is 5.92 Å². The zero-order valence-electron chi connectivity index (χ0n) is 11.1. The van der Waals surface area contributed by atoms with E-state index in [9.17, 15) is 9.59 Å². The maximum Gasteiger partial charge on any atom is 0.410 e. The number of hydrogen-bond donors (Lipinski definition) is 1. The van der Waals surface area contributed by atoms with Crippen LogP contribution in [0.3, 0.4) is 0 Å². The number of nitrogens with one attached hydrogen (secondary N) is 1. The molecule has 17 heavy (non-hydrogen) atoms.